The first-order chi connectivity index (χ1) is 17.0. The van der Waals surface area contributed by atoms with E-state index in [4.69, 9.17) is 4.74 Å². The van der Waals surface area contributed by atoms with Crippen LogP contribution in [0, 0.1) is 0 Å². The molecule has 0 aliphatic carbocycles. The Hall–Kier alpha value is -3.07. The van der Waals surface area contributed by atoms with Crippen molar-refractivity contribution in [3.63, 3.8) is 0 Å². The summed E-state index contributed by atoms with van der Waals surface area (Å²) in [5.74, 6) is 0.155. The molecular formula is C27H39N3O5S. The van der Waals surface area contributed by atoms with E-state index in [9.17, 15) is 18.0 Å². The van der Waals surface area contributed by atoms with Crippen molar-refractivity contribution in [2.75, 3.05) is 30.8 Å². The maximum Gasteiger partial charge on any atom is 0.244 e. The fourth-order valence-electron chi connectivity index (χ4n) is 3.73. The van der Waals surface area contributed by atoms with Gasteiger partial charge in [0.25, 0.3) is 0 Å². The van der Waals surface area contributed by atoms with E-state index in [-0.39, 0.29) is 18.4 Å². The molecule has 8 nitrogen and oxygen atoms in total. The summed E-state index contributed by atoms with van der Waals surface area (Å²) >= 11 is 0. The summed E-state index contributed by atoms with van der Waals surface area (Å²) in [5.41, 5.74) is 2.23. The highest BCUT2D eigenvalue weighted by atomic mass is 32.2. The molecule has 0 fully saturated rings. The topological polar surface area (TPSA) is 96.0 Å². The van der Waals surface area contributed by atoms with Gasteiger partial charge < -0.3 is 15.0 Å². The fraction of sp³-hybridized carbons (Fsp3) is 0.481. The molecule has 0 saturated carbocycles. The number of carbonyl (C=O) groups excluding carboxylic acids is 2. The molecule has 1 atom stereocenters. The fourth-order valence-corrected chi connectivity index (χ4v) is 4.58. The number of methoxy groups -OCH3 is 1. The molecule has 2 rings (SSSR count). The predicted octanol–water partition coefficient (Wildman–Crippen LogP) is 3.92. The van der Waals surface area contributed by atoms with Gasteiger partial charge in [-0.05, 0) is 54.7 Å². The molecule has 0 unspecified atom stereocenters. The summed E-state index contributed by atoms with van der Waals surface area (Å²) in [6.07, 6.45) is 2.83. The van der Waals surface area contributed by atoms with Crippen molar-refractivity contribution in [1.82, 2.24) is 10.2 Å². The summed E-state index contributed by atoms with van der Waals surface area (Å²) in [7, 11) is -2.21. The molecule has 0 aliphatic heterocycles. The third kappa shape index (κ3) is 8.26. The molecule has 0 spiro atoms. The standard InChI is InChI=1S/C27H39N3O5S/c1-7-8-16-28-27(32)21(4)29(18-22-10-9-11-25(17-22)35-5)26(31)19-30(36(6,33)34)24-14-12-23(13-15-24)20(2)3/h9-15,17,20-21H,7-8,16,18-19H2,1-6H3,(H,28,32)/t21-/m0/s1. The van der Waals surface area contributed by atoms with Crippen LogP contribution in [-0.4, -0.2) is 57.6 Å². The molecule has 0 saturated heterocycles. The number of ether oxygens (including phenoxy) is 1. The Kier molecular flexibility index (Phi) is 10.8. The van der Waals surface area contributed by atoms with E-state index in [1.165, 1.54) is 4.90 Å². The zero-order chi connectivity index (χ0) is 26.9. The number of nitrogens with one attached hydrogen (secondary N) is 1. The number of rotatable bonds is 13. The van der Waals surface area contributed by atoms with Crippen LogP contribution in [0.4, 0.5) is 5.69 Å². The molecule has 0 aromatic heterocycles. The largest absolute Gasteiger partial charge is 0.497 e. The summed E-state index contributed by atoms with van der Waals surface area (Å²) in [5, 5.41) is 2.87. The van der Waals surface area contributed by atoms with Gasteiger partial charge in [-0.15, -0.1) is 0 Å². The minimum atomic E-state index is -3.76. The van der Waals surface area contributed by atoms with Crippen LogP contribution in [-0.2, 0) is 26.2 Å². The zero-order valence-electron chi connectivity index (χ0n) is 22.2. The van der Waals surface area contributed by atoms with Gasteiger partial charge >= 0.3 is 0 Å². The van der Waals surface area contributed by atoms with E-state index in [1.807, 2.05) is 31.2 Å². The Morgan fingerprint density at radius 1 is 1.06 bits per heavy atom. The summed E-state index contributed by atoms with van der Waals surface area (Å²) in [6, 6.07) is 13.6. The van der Waals surface area contributed by atoms with Gasteiger partial charge in [0.2, 0.25) is 21.8 Å². The smallest absolute Gasteiger partial charge is 0.244 e. The molecule has 2 aromatic carbocycles. The number of hydrogen-bond acceptors (Lipinski definition) is 5. The molecular weight excluding hydrogens is 478 g/mol. The molecule has 0 bridgehead atoms. The van der Waals surface area contributed by atoms with Gasteiger partial charge in [0.05, 0.1) is 19.1 Å². The number of benzene rings is 2. The highest BCUT2D eigenvalue weighted by molar-refractivity contribution is 7.92. The molecule has 9 heteroatoms. The minimum absolute atomic E-state index is 0.127. The second-order valence-corrected chi connectivity index (χ2v) is 11.1. The number of carbonyl (C=O) groups is 2. The molecule has 0 heterocycles. The van der Waals surface area contributed by atoms with E-state index >= 15 is 0 Å². The number of hydrogen-bond donors (Lipinski definition) is 1. The number of anilines is 1. The van der Waals surface area contributed by atoms with Crippen LogP contribution in [0.2, 0.25) is 0 Å². The number of sulfonamides is 1. The molecule has 2 aromatic rings. The lowest BCUT2D eigenvalue weighted by Gasteiger charge is -2.31. The number of amides is 2. The van der Waals surface area contributed by atoms with Crippen molar-refractivity contribution in [2.24, 2.45) is 0 Å². The average Bonchev–Trinajstić information content (AvgIpc) is 2.84. The van der Waals surface area contributed by atoms with Crippen molar-refractivity contribution in [3.8, 4) is 5.75 Å². The van der Waals surface area contributed by atoms with Crippen LogP contribution in [0.25, 0.3) is 0 Å². The number of nitrogens with zero attached hydrogens (tertiary/aromatic N) is 2. The first kappa shape index (κ1) is 29.2. The van der Waals surface area contributed by atoms with Crippen LogP contribution >= 0.6 is 0 Å². The summed E-state index contributed by atoms with van der Waals surface area (Å²) in [6.45, 7) is 8.01. The lowest BCUT2D eigenvalue weighted by Crippen LogP contribution is -2.51. The second-order valence-electron chi connectivity index (χ2n) is 9.21. The van der Waals surface area contributed by atoms with Crippen LogP contribution < -0.4 is 14.4 Å². The van der Waals surface area contributed by atoms with Crippen molar-refractivity contribution in [3.05, 3.63) is 59.7 Å². The maximum atomic E-state index is 13.6. The van der Waals surface area contributed by atoms with Gasteiger partial charge in [-0.2, -0.15) is 0 Å². The van der Waals surface area contributed by atoms with Gasteiger partial charge in [0.1, 0.15) is 18.3 Å². The van der Waals surface area contributed by atoms with Crippen LogP contribution in [0.15, 0.2) is 48.5 Å². The maximum absolute atomic E-state index is 13.6. The lowest BCUT2D eigenvalue weighted by molar-refractivity contribution is -0.139. The van der Waals surface area contributed by atoms with Gasteiger partial charge in [0, 0.05) is 13.1 Å². The summed E-state index contributed by atoms with van der Waals surface area (Å²) in [4.78, 5) is 27.9. The van der Waals surface area contributed by atoms with Crippen LogP contribution in [0.3, 0.4) is 0 Å². The molecule has 0 radical (unpaired) electrons. The molecule has 0 aliphatic rings. The zero-order valence-corrected chi connectivity index (χ0v) is 23.0. The van der Waals surface area contributed by atoms with Crippen molar-refractivity contribution in [1.29, 1.82) is 0 Å². The van der Waals surface area contributed by atoms with Gasteiger partial charge in [0.15, 0.2) is 0 Å². The highest BCUT2D eigenvalue weighted by Crippen LogP contribution is 2.23. The van der Waals surface area contributed by atoms with Crippen LogP contribution in [0.5, 0.6) is 5.75 Å². The Labute approximate surface area is 215 Å². The normalized spacial score (nSPS) is 12.2. The predicted molar refractivity (Wildman–Crippen MR) is 144 cm³/mol. The Morgan fingerprint density at radius 3 is 2.28 bits per heavy atom. The minimum Gasteiger partial charge on any atom is -0.497 e. The summed E-state index contributed by atoms with van der Waals surface area (Å²) < 4.78 is 31.8. The van der Waals surface area contributed by atoms with E-state index < -0.39 is 28.5 Å². The lowest BCUT2D eigenvalue weighted by atomic mass is 10.0. The van der Waals surface area contributed by atoms with Crippen LogP contribution in [0.1, 0.15) is 57.6 Å². The Balaban J connectivity index is 2.36. The van der Waals surface area contributed by atoms with Gasteiger partial charge in [-0.1, -0.05) is 51.5 Å². The SMILES string of the molecule is CCCCNC(=O)[C@H](C)N(Cc1cccc(OC)c1)C(=O)CN(c1ccc(C(C)C)cc1)S(C)(=O)=O. The first-order valence-corrected chi connectivity index (χ1v) is 14.1. The van der Waals surface area contributed by atoms with Crippen molar-refractivity contribution < 1.29 is 22.7 Å². The highest BCUT2D eigenvalue weighted by Gasteiger charge is 2.30. The molecule has 198 valence electrons. The van der Waals surface area contributed by atoms with E-state index in [1.54, 1.807) is 38.3 Å². The molecule has 1 N–H and O–H groups in total. The second kappa shape index (κ2) is 13.3. The van der Waals surface area contributed by atoms with E-state index in [0.29, 0.717) is 18.0 Å². The van der Waals surface area contributed by atoms with Crippen molar-refractivity contribution >= 4 is 27.5 Å². The number of unbranched alkanes of at least 4 members (excludes halogenated alkanes) is 1. The average molecular weight is 518 g/mol. The van der Waals surface area contributed by atoms with E-state index in [0.717, 1.165) is 34.5 Å². The van der Waals surface area contributed by atoms with Gasteiger partial charge in [-0.25, -0.2) is 8.42 Å². The molecule has 36 heavy (non-hydrogen) atoms. The Bertz CT molecular complexity index is 1120. The van der Waals surface area contributed by atoms with E-state index in [2.05, 4.69) is 19.2 Å². The first-order valence-electron chi connectivity index (χ1n) is 12.3. The third-order valence-corrected chi connectivity index (χ3v) is 7.15. The monoisotopic (exact) mass is 517 g/mol. The Morgan fingerprint density at radius 2 is 1.72 bits per heavy atom. The van der Waals surface area contributed by atoms with Gasteiger partial charge in [-0.3, -0.25) is 13.9 Å². The molecule has 2 amide bonds. The quantitative estimate of drug-likeness (QED) is 0.406. The van der Waals surface area contributed by atoms with Crippen molar-refractivity contribution in [2.45, 2.75) is 59.0 Å². The third-order valence-electron chi connectivity index (χ3n) is 6.01.